The average molecular weight is 290 g/mol. The van der Waals surface area contributed by atoms with Crippen LogP contribution in [0.5, 0.6) is 5.75 Å². The fourth-order valence-corrected chi connectivity index (χ4v) is 1.85. The Morgan fingerprint density at radius 1 is 1.33 bits per heavy atom. The van der Waals surface area contributed by atoms with Crippen molar-refractivity contribution in [3.63, 3.8) is 0 Å². The van der Waals surface area contributed by atoms with Gasteiger partial charge in [0.1, 0.15) is 11.3 Å². The molecule has 1 N–H and O–H groups in total. The highest BCUT2D eigenvalue weighted by molar-refractivity contribution is 5.93. The van der Waals surface area contributed by atoms with Gasteiger partial charge in [0.05, 0.1) is 12.5 Å². The summed E-state index contributed by atoms with van der Waals surface area (Å²) in [4.78, 5) is 25.9. The van der Waals surface area contributed by atoms with Crippen LogP contribution in [0.25, 0.3) is 11.0 Å². The molecule has 1 heterocycles. The first kappa shape index (κ1) is 15.1. The SMILES string of the molecule is COc1ccc2c(=O)cc(C(=O)NCCN(C)C)oc2c1. The molecule has 21 heavy (non-hydrogen) atoms. The second-order valence-corrected chi connectivity index (χ2v) is 4.90. The lowest BCUT2D eigenvalue weighted by atomic mass is 10.2. The van der Waals surface area contributed by atoms with E-state index in [4.69, 9.17) is 9.15 Å². The zero-order valence-corrected chi connectivity index (χ0v) is 12.3. The monoisotopic (exact) mass is 290 g/mol. The fourth-order valence-electron chi connectivity index (χ4n) is 1.85. The molecule has 0 atom stereocenters. The number of methoxy groups -OCH3 is 1. The Bertz CT molecular complexity index is 706. The second kappa shape index (κ2) is 6.41. The molecule has 0 radical (unpaired) electrons. The molecule has 0 saturated carbocycles. The van der Waals surface area contributed by atoms with Crippen molar-refractivity contribution in [3.05, 3.63) is 40.2 Å². The van der Waals surface area contributed by atoms with E-state index in [1.165, 1.54) is 13.2 Å². The average Bonchev–Trinajstić information content (AvgIpc) is 2.45. The maximum atomic E-state index is 12.0. The summed E-state index contributed by atoms with van der Waals surface area (Å²) in [5.74, 6) is 0.161. The van der Waals surface area contributed by atoms with Gasteiger partial charge in [0, 0.05) is 25.2 Å². The van der Waals surface area contributed by atoms with E-state index in [0.29, 0.717) is 29.8 Å². The zero-order chi connectivity index (χ0) is 15.4. The van der Waals surface area contributed by atoms with E-state index >= 15 is 0 Å². The van der Waals surface area contributed by atoms with Crippen molar-refractivity contribution in [1.82, 2.24) is 10.2 Å². The number of nitrogens with one attached hydrogen (secondary N) is 1. The minimum Gasteiger partial charge on any atom is -0.497 e. The Hall–Kier alpha value is -2.34. The van der Waals surface area contributed by atoms with Crippen molar-refractivity contribution in [1.29, 1.82) is 0 Å². The Morgan fingerprint density at radius 2 is 2.10 bits per heavy atom. The summed E-state index contributed by atoms with van der Waals surface area (Å²) < 4.78 is 10.6. The third-order valence-electron chi connectivity index (χ3n) is 3.00. The number of hydrogen-bond donors (Lipinski definition) is 1. The molecule has 0 aliphatic rings. The van der Waals surface area contributed by atoms with E-state index in [1.807, 2.05) is 19.0 Å². The zero-order valence-electron chi connectivity index (χ0n) is 12.3. The molecule has 0 aliphatic heterocycles. The van der Waals surface area contributed by atoms with Crippen molar-refractivity contribution in [3.8, 4) is 5.75 Å². The van der Waals surface area contributed by atoms with E-state index in [1.54, 1.807) is 18.2 Å². The van der Waals surface area contributed by atoms with Gasteiger partial charge in [-0.2, -0.15) is 0 Å². The number of rotatable bonds is 5. The van der Waals surface area contributed by atoms with Crippen LogP contribution in [0.1, 0.15) is 10.6 Å². The van der Waals surface area contributed by atoms with Gasteiger partial charge in [-0.15, -0.1) is 0 Å². The van der Waals surface area contributed by atoms with Crippen LogP contribution in [0.15, 0.2) is 33.5 Å². The molecule has 112 valence electrons. The first-order valence-corrected chi connectivity index (χ1v) is 6.56. The molecule has 0 fully saturated rings. The minimum atomic E-state index is -0.404. The van der Waals surface area contributed by atoms with Crippen LogP contribution < -0.4 is 15.5 Å². The lowest BCUT2D eigenvalue weighted by Gasteiger charge is -2.10. The predicted molar refractivity (Wildman–Crippen MR) is 79.9 cm³/mol. The molecule has 2 aromatic rings. The third-order valence-corrected chi connectivity index (χ3v) is 3.00. The van der Waals surface area contributed by atoms with E-state index in [0.717, 1.165) is 0 Å². The normalized spacial score (nSPS) is 10.9. The molecule has 6 nitrogen and oxygen atoms in total. The third kappa shape index (κ3) is 3.61. The molecular weight excluding hydrogens is 272 g/mol. The van der Waals surface area contributed by atoms with Crippen LogP contribution in [-0.2, 0) is 0 Å². The van der Waals surface area contributed by atoms with Gasteiger partial charge in [-0.05, 0) is 26.2 Å². The van der Waals surface area contributed by atoms with Crippen LogP contribution >= 0.6 is 0 Å². The predicted octanol–water partition coefficient (Wildman–Crippen LogP) is 1.09. The van der Waals surface area contributed by atoms with Gasteiger partial charge in [0.2, 0.25) is 0 Å². The summed E-state index contributed by atoms with van der Waals surface area (Å²) in [5, 5.41) is 3.12. The van der Waals surface area contributed by atoms with E-state index in [2.05, 4.69) is 5.32 Å². The van der Waals surface area contributed by atoms with Gasteiger partial charge >= 0.3 is 0 Å². The van der Waals surface area contributed by atoms with Gasteiger partial charge < -0.3 is 19.4 Å². The Morgan fingerprint density at radius 3 is 2.76 bits per heavy atom. The highest BCUT2D eigenvalue weighted by atomic mass is 16.5. The van der Waals surface area contributed by atoms with Crippen molar-refractivity contribution in [2.45, 2.75) is 0 Å². The summed E-state index contributed by atoms with van der Waals surface area (Å²) in [7, 11) is 5.35. The van der Waals surface area contributed by atoms with Crippen molar-refractivity contribution < 1.29 is 13.9 Å². The number of carbonyl (C=O) groups is 1. The van der Waals surface area contributed by atoms with Gasteiger partial charge in [-0.3, -0.25) is 9.59 Å². The largest absolute Gasteiger partial charge is 0.497 e. The number of hydrogen-bond acceptors (Lipinski definition) is 5. The molecule has 0 spiro atoms. The van der Waals surface area contributed by atoms with Crippen LogP contribution in [0.2, 0.25) is 0 Å². The standard InChI is InChI=1S/C15H18N2O4/c1-17(2)7-6-16-15(19)14-9-12(18)11-5-4-10(20-3)8-13(11)21-14/h4-5,8-9H,6-7H2,1-3H3,(H,16,19). The number of carbonyl (C=O) groups excluding carboxylic acids is 1. The lowest BCUT2D eigenvalue weighted by Crippen LogP contribution is -2.31. The number of ether oxygens (including phenoxy) is 1. The summed E-state index contributed by atoms with van der Waals surface area (Å²) in [6, 6.07) is 6.09. The van der Waals surface area contributed by atoms with Crippen LogP contribution in [0.3, 0.4) is 0 Å². The maximum absolute atomic E-state index is 12.0. The second-order valence-electron chi connectivity index (χ2n) is 4.90. The molecule has 1 aromatic carbocycles. The quantitative estimate of drug-likeness (QED) is 0.892. The fraction of sp³-hybridized carbons (Fsp3) is 0.333. The Kier molecular flexibility index (Phi) is 4.59. The van der Waals surface area contributed by atoms with Crippen LogP contribution in [0, 0.1) is 0 Å². The Balaban J connectivity index is 2.28. The van der Waals surface area contributed by atoms with E-state index in [9.17, 15) is 9.59 Å². The van der Waals surface area contributed by atoms with E-state index < -0.39 is 5.91 Å². The molecule has 0 saturated heterocycles. The topological polar surface area (TPSA) is 71.8 Å². The van der Waals surface area contributed by atoms with Gasteiger partial charge in [-0.25, -0.2) is 0 Å². The highest BCUT2D eigenvalue weighted by Gasteiger charge is 2.12. The first-order valence-electron chi connectivity index (χ1n) is 6.56. The van der Waals surface area contributed by atoms with Crippen molar-refractivity contribution >= 4 is 16.9 Å². The van der Waals surface area contributed by atoms with Crippen LogP contribution in [-0.4, -0.2) is 45.1 Å². The van der Waals surface area contributed by atoms with Gasteiger partial charge in [0.15, 0.2) is 11.2 Å². The van der Waals surface area contributed by atoms with Gasteiger partial charge in [-0.1, -0.05) is 0 Å². The van der Waals surface area contributed by atoms with E-state index in [-0.39, 0.29) is 11.2 Å². The molecular formula is C15H18N2O4. The van der Waals surface area contributed by atoms with Crippen LogP contribution in [0.4, 0.5) is 0 Å². The Labute approximate surface area is 122 Å². The minimum absolute atomic E-state index is 0.000454. The molecule has 0 aliphatic carbocycles. The highest BCUT2D eigenvalue weighted by Crippen LogP contribution is 2.19. The molecule has 0 unspecified atom stereocenters. The molecule has 1 aromatic heterocycles. The molecule has 6 heteroatoms. The number of amides is 1. The molecule has 2 rings (SSSR count). The van der Waals surface area contributed by atoms with Gasteiger partial charge in [0.25, 0.3) is 5.91 Å². The first-order chi connectivity index (χ1) is 10.0. The summed E-state index contributed by atoms with van der Waals surface area (Å²) in [5.41, 5.74) is 0.0799. The number of benzene rings is 1. The lowest BCUT2D eigenvalue weighted by molar-refractivity contribution is 0.0924. The molecule has 1 amide bonds. The summed E-state index contributed by atoms with van der Waals surface area (Å²) in [6.07, 6.45) is 0. The summed E-state index contributed by atoms with van der Waals surface area (Å²) in [6.45, 7) is 1.18. The van der Waals surface area contributed by atoms with Crippen molar-refractivity contribution in [2.75, 3.05) is 34.3 Å². The van der Waals surface area contributed by atoms with Crippen molar-refractivity contribution in [2.24, 2.45) is 0 Å². The summed E-state index contributed by atoms with van der Waals surface area (Å²) >= 11 is 0. The number of fused-ring (bicyclic) bond motifs is 1. The number of likely N-dealkylation sites (N-methyl/N-ethyl adjacent to an activating group) is 1. The number of nitrogens with zero attached hydrogens (tertiary/aromatic N) is 1. The maximum Gasteiger partial charge on any atom is 0.287 e. The smallest absolute Gasteiger partial charge is 0.287 e. The molecule has 0 bridgehead atoms.